The van der Waals surface area contributed by atoms with Crippen molar-refractivity contribution in [2.75, 3.05) is 13.2 Å². The Labute approximate surface area is 425 Å². The summed E-state index contributed by atoms with van der Waals surface area (Å²) in [6, 6.07) is 0. The zero-order valence-electron chi connectivity index (χ0n) is 46.7. The highest BCUT2D eigenvalue weighted by molar-refractivity contribution is 5.71. The first-order valence-electron chi connectivity index (χ1n) is 30.7. The van der Waals surface area contributed by atoms with Crippen molar-refractivity contribution in [3.63, 3.8) is 0 Å². The first-order valence-corrected chi connectivity index (χ1v) is 30.7. The average molecular weight is 962 g/mol. The summed E-state index contributed by atoms with van der Waals surface area (Å²) in [7, 11) is 0. The molecule has 0 aliphatic heterocycles. The molecular weight excluding hydrogens is 841 g/mol. The van der Waals surface area contributed by atoms with Crippen LogP contribution >= 0.6 is 0 Å². The Bertz CT molecular complexity index is 1040. The van der Waals surface area contributed by atoms with Gasteiger partial charge < -0.3 is 14.2 Å². The third-order valence-corrected chi connectivity index (χ3v) is 14.2. The van der Waals surface area contributed by atoms with Gasteiger partial charge in [0.05, 0.1) is 0 Å². The fraction of sp³-hybridized carbons (Fsp3) is 0.952. The van der Waals surface area contributed by atoms with E-state index in [9.17, 15) is 14.4 Å². The first-order chi connectivity index (χ1) is 33.2. The SMILES string of the molecule is CCCCCCCCCCCCCCCCCCCCC(=O)O[C@H](COC(=O)CCCCCCCCCCCCCCCCCCC(C)C)COC(=O)CCCCCCCCCCCCC(C)C. The van der Waals surface area contributed by atoms with Gasteiger partial charge >= 0.3 is 17.9 Å². The second kappa shape index (κ2) is 54.7. The van der Waals surface area contributed by atoms with E-state index in [1.165, 1.54) is 238 Å². The van der Waals surface area contributed by atoms with Crippen LogP contribution in [-0.4, -0.2) is 37.2 Å². The number of ether oxygens (including phenoxy) is 3. The summed E-state index contributed by atoms with van der Waals surface area (Å²) in [5.41, 5.74) is 0. The van der Waals surface area contributed by atoms with Crippen molar-refractivity contribution in [1.82, 2.24) is 0 Å². The van der Waals surface area contributed by atoms with Crippen LogP contribution in [-0.2, 0) is 28.6 Å². The largest absolute Gasteiger partial charge is 0.462 e. The number of esters is 3. The maximum absolute atomic E-state index is 12.9. The minimum Gasteiger partial charge on any atom is -0.462 e. The maximum atomic E-state index is 12.9. The molecule has 1 atom stereocenters. The number of hydrogen-bond acceptors (Lipinski definition) is 6. The third-order valence-electron chi connectivity index (χ3n) is 14.2. The number of rotatable bonds is 56. The van der Waals surface area contributed by atoms with Crippen LogP contribution in [0.1, 0.15) is 349 Å². The molecule has 0 aromatic heterocycles. The molecule has 0 bridgehead atoms. The fourth-order valence-corrected chi connectivity index (χ4v) is 9.58. The summed E-state index contributed by atoms with van der Waals surface area (Å²) in [5, 5.41) is 0. The summed E-state index contributed by atoms with van der Waals surface area (Å²) in [6.45, 7) is 11.4. The van der Waals surface area contributed by atoms with Gasteiger partial charge in [0, 0.05) is 19.3 Å². The molecule has 6 nitrogen and oxygen atoms in total. The van der Waals surface area contributed by atoms with E-state index in [4.69, 9.17) is 14.2 Å². The van der Waals surface area contributed by atoms with E-state index in [0.29, 0.717) is 19.3 Å². The van der Waals surface area contributed by atoms with Gasteiger partial charge in [-0.05, 0) is 31.1 Å². The molecule has 0 spiro atoms. The summed E-state index contributed by atoms with van der Waals surface area (Å²) >= 11 is 0. The quantitative estimate of drug-likeness (QED) is 0.0343. The van der Waals surface area contributed by atoms with Crippen LogP contribution in [0.25, 0.3) is 0 Å². The van der Waals surface area contributed by atoms with Crippen molar-refractivity contribution in [1.29, 1.82) is 0 Å². The average Bonchev–Trinajstić information content (AvgIpc) is 3.31. The number of unbranched alkanes of at least 4 members (excludes halogenated alkanes) is 41. The van der Waals surface area contributed by atoms with Crippen molar-refractivity contribution in [2.45, 2.75) is 355 Å². The predicted octanol–water partition coefficient (Wildman–Crippen LogP) is 20.4. The van der Waals surface area contributed by atoms with E-state index >= 15 is 0 Å². The summed E-state index contributed by atoms with van der Waals surface area (Å²) in [5.74, 6) is 0.836. The normalized spacial score (nSPS) is 12.0. The molecule has 0 rings (SSSR count). The third kappa shape index (κ3) is 55.3. The molecule has 0 saturated heterocycles. The monoisotopic (exact) mass is 961 g/mol. The Kier molecular flexibility index (Phi) is 53.5. The Morgan fingerprint density at radius 3 is 0.721 bits per heavy atom. The lowest BCUT2D eigenvalue weighted by molar-refractivity contribution is -0.167. The standard InChI is InChI=1S/C62H120O6/c1-6-7-8-9-10-11-12-13-14-15-16-21-24-27-34-39-44-49-54-62(65)68-59(56-67-61(64)53-48-43-38-33-29-28-31-36-41-46-51-58(4)5)55-66-60(63)52-47-42-37-32-26-23-20-18-17-19-22-25-30-35-40-45-50-57(2)3/h57-59H,6-56H2,1-5H3/t59-/m1/s1. The molecule has 0 heterocycles. The van der Waals surface area contributed by atoms with Gasteiger partial charge in [0.25, 0.3) is 0 Å². The van der Waals surface area contributed by atoms with Gasteiger partial charge in [-0.1, -0.05) is 311 Å². The zero-order valence-corrected chi connectivity index (χ0v) is 46.7. The minimum absolute atomic E-state index is 0.0624. The van der Waals surface area contributed by atoms with Gasteiger partial charge in [0.1, 0.15) is 13.2 Å². The molecule has 0 aromatic rings. The molecule has 0 amide bonds. The van der Waals surface area contributed by atoms with Crippen molar-refractivity contribution < 1.29 is 28.6 Å². The van der Waals surface area contributed by atoms with Crippen LogP contribution in [0.4, 0.5) is 0 Å². The molecule has 68 heavy (non-hydrogen) atoms. The van der Waals surface area contributed by atoms with Crippen LogP contribution in [0.3, 0.4) is 0 Å². The van der Waals surface area contributed by atoms with E-state index in [1.807, 2.05) is 0 Å². The van der Waals surface area contributed by atoms with E-state index in [-0.39, 0.29) is 31.1 Å². The van der Waals surface area contributed by atoms with E-state index in [2.05, 4.69) is 34.6 Å². The zero-order chi connectivity index (χ0) is 49.6. The van der Waals surface area contributed by atoms with Gasteiger partial charge in [-0.15, -0.1) is 0 Å². The van der Waals surface area contributed by atoms with Gasteiger partial charge in [0.15, 0.2) is 6.10 Å². The van der Waals surface area contributed by atoms with Crippen molar-refractivity contribution in [3.05, 3.63) is 0 Å². The first kappa shape index (κ1) is 66.4. The molecule has 0 aliphatic carbocycles. The molecule has 0 saturated carbocycles. The van der Waals surface area contributed by atoms with Gasteiger partial charge in [-0.2, -0.15) is 0 Å². The lowest BCUT2D eigenvalue weighted by Crippen LogP contribution is -2.30. The highest BCUT2D eigenvalue weighted by Gasteiger charge is 2.19. The maximum Gasteiger partial charge on any atom is 0.306 e. The smallest absolute Gasteiger partial charge is 0.306 e. The Balaban J connectivity index is 4.27. The van der Waals surface area contributed by atoms with E-state index in [1.54, 1.807) is 0 Å². The van der Waals surface area contributed by atoms with Crippen LogP contribution in [0.5, 0.6) is 0 Å². The fourth-order valence-electron chi connectivity index (χ4n) is 9.58. The second-order valence-corrected chi connectivity index (χ2v) is 22.3. The second-order valence-electron chi connectivity index (χ2n) is 22.3. The summed E-state index contributed by atoms with van der Waals surface area (Å²) in [6.07, 6.45) is 59.6. The molecular formula is C62H120O6. The van der Waals surface area contributed by atoms with E-state index < -0.39 is 6.10 Å². The molecule has 0 aliphatic rings. The van der Waals surface area contributed by atoms with Crippen LogP contribution in [0.2, 0.25) is 0 Å². The number of hydrogen-bond donors (Lipinski definition) is 0. The lowest BCUT2D eigenvalue weighted by atomic mass is 10.0. The van der Waals surface area contributed by atoms with Crippen LogP contribution < -0.4 is 0 Å². The molecule has 0 N–H and O–H groups in total. The van der Waals surface area contributed by atoms with Crippen LogP contribution in [0, 0.1) is 11.8 Å². The highest BCUT2D eigenvalue weighted by atomic mass is 16.6. The topological polar surface area (TPSA) is 78.9 Å². The molecule has 0 aromatic carbocycles. The Morgan fingerprint density at radius 2 is 0.485 bits per heavy atom. The van der Waals surface area contributed by atoms with Crippen molar-refractivity contribution >= 4 is 17.9 Å². The van der Waals surface area contributed by atoms with E-state index in [0.717, 1.165) is 69.6 Å². The highest BCUT2D eigenvalue weighted by Crippen LogP contribution is 2.19. The van der Waals surface area contributed by atoms with Gasteiger partial charge in [-0.3, -0.25) is 14.4 Å². The molecule has 0 unspecified atom stereocenters. The van der Waals surface area contributed by atoms with Crippen molar-refractivity contribution in [3.8, 4) is 0 Å². The van der Waals surface area contributed by atoms with Gasteiger partial charge in [-0.25, -0.2) is 0 Å². The minimum atomic E-state index is -0.763. The molecule has 0 fully saturated rings. The molecule has 6 heteroatoms. The number of carbonyl (C=O) groups is 3. The van der Waals surface area contributed by atoms with Gasteiger partial charge in [0.2, 0.25) is 0 Å². The van der Waals surface area contributed by atoms with Crippen molar-refractivity contribution in [2.24, 2.45) is 11.8 Å². The Hall–Kier alpha value is -1.59. The summed E-state index contributed by atoms with van der Waals surface area (Å²) < 4.78 is 16.9. The molecule has 404 valence electrons. The van der Waals surface area contributed by atoms with Crippen LogP contribution in [0.15, 0.2) is 0 Å². The predicted molar refractivity (Wildman–Crippen MR) is 293 cm³/mol. The number of carbonyl (C=O) groups excluding carboxylic acids is 3. The Morgan fingerprint density at radius 1 is 0.279 bits per heavy atom. The summed E-state index contributed by atoms with van der Waals surface area (Å²) in [4.78, 5) is 38.2. The molecule has 0 radical (unpaired) electrons. The lowest BCUT2D eigenvalue weighted by Gasteiger charge is -2.18.